The van der Waals surface area contributed by atoms with E-state index < -0.39 is 23.5 Å². The lowest BCUT2D eigenvalue weighted by atomic mass is 10.1. The van der Waals surface area contributed by atoms with Crippen LogP contribution in [0.25, 0.3) is 0 Å². The van der Waals surface area contributed by atoms with E-state index >= 15 is 0 Å². The van der Waals surface area contributed by atoms with Gasteiger partial charge in [-0.2, -0.15) is 0 Å². The third-order valence-electron chi connectivity index (χ3n) is 3.28. The molecule has 0 N–H and O–H groups in total. The van der Waals surface area contributed by atoms with Gasteiger partial charge < -0.3 is 9.64 Å². The van der Waals surface area contributed by atoms with E-state index in [0.717, 1.165) is 6.07 Å². The molecule has 5 nitrogen and oxygen atoms in total. The highest BCUT2D eigenvalue weighted by Crippen LogP contribution is 2.29. The number of amides is 1. The summed E-state index contributed by atoms with van der Waals surface area (Å²) >= 11 is 0. The van der Waals surface area contributed by atoms with E-state index in [1.54, 1.807) is 6.92 Å². The van der Waals surface area contributed by atoms with Gasteiger partial charge in [0, 0.05) is 12.1 Å². The number of Topliss-reactive ketones (excluding diaryl/α,β-unsaturated/α-hetero) is 1. The van der Waals surface area contributed by atoms with Gasteiger partial charge in [0.15, 0.2) is 0 Å². The number of anilines is 1. The molecule has 1 aromatic rings. The summed E-state index contributed by atoms with van der Waals surface area (Å²) in [6.45, 7) is 1.84. The third kappa shape index (κ3) is 2.69. The molecule has 0 saturated heterocycles. The number of hydrogen-bond acceptors (Lipinski definition) is 4. The van der Waals surface area contributed by atoms with Gasteiger partial charge in [-0.15, -0.1) is 0 Å². The molecule has 2 rings (SSSR count). The van der Waals surface area contributed by atoms with Crippen molar-refractivity contribution in [1.29, 1.82) is 0 Å². The molecule has 0 atom stereocenters. The fourth-order valence-corrected chi connectivity index (χ4v) is 2.16. The average Bonchev–Trinajstić information content (AvgIpc) is 2.72. The largest absolute Gasteiger partial charge is 0.466 e. The SMILES string of the molecule is CCC(=CCN1C(=O)C(=O)c2cc(F)ccc21)C(=O)OC. The lowest BCUT2D eigenvalue weighted by molar-refractivity contribution is -0.136. The molecule has 0 unspecified atom stereocenters. The van der Waals surface area contributed by atoms with Crippen molar-refractivity contribution < 1.29 is 23.5 Å². The number of fused-ring (bicyclic) bond motifs is 1. The van der Waals surface area contributed by atoms with Crippen LogP contribution in [0.15, 0.2) is 29.8 Å². The molecular weight excluding hydrogens is 277 g/mol. The highest BCUT2D eigenvalue weighted by atomic mass is 19.1. The second kappa shape index (κ2) is 5.87. The summed E-state index contributed by atoms with van der Waals surface area (Å²) < 4.78 is 17.8. The smallest absolute Gasteiger partial charge is 0.333 e. The maximum atomic E-state index is 13.2. The molecule has 6 heteroatoms. The highest BCUT2D eigenvalue weighted by molar-refractivity contribution is 6.52. The van der Waals surface area contributed by atoms with E-state index in [-0.39, 0.29) is 12.1 Å². The van der Waals surface area contributed by atoms with Gasteiger partial charge >= 0.3 is 5.97 Å². The minimum Gasteiger partial charge on any atom is -0.466 e. The number of hydrogen-bond donors (Lipinski definition) is 0. The lowest BCUT2D eigenvalue weighted by Crippen LogP contribution is -2.30. The molecule has 110 valence electrons. The van der Waals surface area contributed by atoms with Crippen molar-refractivity contribution >= 4 is 23.3 Å². The van der Waals surface area contributed by atoms with Crippen LogP contribution < -0.4 is 4.90 Å². The first-order chi connectivity index (χ1) is 9.99. The molecule has 1 amide bonds. The first-order valence-corrected chi connectivity index (χ1v) is 6.42. The maximum absolute atomic E-state index is 13.2. The molecule has 0 bridgehead atoms. The Morgan fingerprint density at radius 1 is 1.38 bits per heavy atom. The van der Waals surface area contributed by atoms with Gasteiger partial charge in [-0.05, 0) is 24.6 Å². The van der Waals surface area contributed by atoms with Crippen molar-refractivity contribution in [2.75, 3.05) is 18.6 Å². The molecule has 21 heavy (non-hydrogen) atoms. The van der Waals surface area contributed by atoms with Crippen LogP contribution >= 0.6 is 0 Å². The maximum Gasteiger partial charge on any atom is 0.333 e. The van der Waals surface area contributed by atoms with E-state index in [1.807, 2.05) is 0 Å². The molecule has 0 radical (unpaired) electrons. The fourth-order valence-electron chi connectivity index (χ4n) is 2.16. The summed E-state index contributed by atoms with van der Waals surface area (Å²) in [5.41, 5.74) is 0.806. The highest BCUT2D eigenvalue weighted by Gasteiger charge is 2.35. The Kier molecular flexibility index (Phi) is 4.16. The van der Waals surface area contributed by atoms with E-state index in [2.05, 4.69) is 4.74 Å². The molecule has 0 spiro atoms. The van der Waals surface area contributed by atoms with E-state index in [0.29, 0.717) is 17.7 Å². The quantitative estimate of drug-likeness (QED) is 0.482. The summed E-state index contributed by atoms with van der Waals surface area (Å²) in [5.74, 6) is -2.52. The van der Waals surface area contributed by atoms with Gasteiger partial charge in [0.05, 0.1) is 18.4 Å². The van der Waals surface area contributed by atoms with E-state index in [9.17, 15) is 18.8 Å². The summed E-state index contributed by atoms with van der Waals surface area (Å²) in [4.78, 5) is 36.4. The number of rotatable bonds is 4. The predicted molar refractivity (Wildman–Crippen MR) is 73.5 cm³/mol. The minimum absolute atomic E-state index is 0.0458. The van der Waals surface area contributed by atoms with Crippen molar-refractivity contribution in [3.63, 3.8) is 0 Å². The van der Waals surface area contributed by atoms with Crippen molar-refractivity contribution in [3.05, 3.63) is 41.2 Å². The number of nitrogens with zero attached hydrogens (tertiary/aromatic N) is 1. The van der Waals surface area contributed by atoms with E-state index in [4.69, 9.17) is 0 Å². The second-order valence-electron chi connectivity index (χ2n) is 4.48. The molecule has 0 fully saturated rings. The Morgan fingerprint density at radius 2 is 2.10 bits per heavy atom. The normalized spacial score (nSPS) is 14.4. The number of esters is 1. The average molecular weight is 291 g/mol. The number of benzene rings is 1. The first-order valence-electron chi connectivity index (χ1n) is 6.42. The fraction of sp³-hybridized carbons (Fsp3) is 0.267. The number of ether oxygens (including phenoxy) is 1. The van der Waals surface area contributed by atoms with Gasteiger partial charge in [0.2, 0.25) is 0 Å². The zero-order valence-corrected chi connectivity index (χ0v) is 11.7. The van der Waals surface area contributed by atoms with Gasteiger partial charge in [-0.3, -0.25) is 9.59 Å². The van der Waals surface area contributed by atoms with Crippen molar-refractivity contribution in [3.8, 4) is 0 Å². The monoisotopic (exact) mass is 291 g/mol. The van der Waals surface area contributed by atoms with Gasteiger partial charge in [-0.25, -0.2) is 9.18 Å². The molecule has 0 aromatic heterocycles. The second-order valence-corrected chi connectivity index (χ2v) is 4.48. The van der Waals surface area contributed by atoms with Crippen LogP contribution in [0.1, 0.15) is 23.7 Å². The van der Waals surface area contributed by atoms with Crippen LogP contribution in [-0.2, 0) is 14.3 Å². The zero-order valence-electron chi connectivity index (χ0n) is 11.7. The van der Waals surface area contributed by atoms with Crippen LogP contribution in [0.5, 0.6) is 0 Å². The Hall–Kier alpha value is -2.50. The van der Waals surface area contributed by atoms with Crippen LogP contribution in [0.4, 0.5) is 10.1 Å². The molecule has 1 aliphatic heterocycles. The van der Waals surface area contributed by atoms with E-state index in [1.165, 1.54) is 30.2 Å². The lowest BCUT2D eigenvalue weighted by Gasteiger charge is -2.14. The summed E-state index contributed by atoms with van der Waals surface area (Å²) in [7, 11) is 1.27. The Labute approximate surface area is 121 Å². The van der Waals surface area contributed by atoms with Crippen LogP contribution in [0.2, 0.25) is 0 Å². The van der Waals surface area contributed by atoms with Gasteiger partial charge in [-0.1, -0.05) is 13.0 Å². The molecule has 1 aromatic carbocycles. The predicted octanol–water partition coefficient (Wildman–Crippen LogP) is 1.86. The molecule has 1 aliphatic rings. The number of ketones is 1. The number of halogens is 1. The van der Waals surface area contributed by atoms with Gasteiger partial charge in [0.25, 0.3) is 11.7 Å². The molecule has 0 aliphatic carbocycles. The zero-order chi connectivity index (χ0) is 15.6. The first kappa shape index (κ1) is 14.9. The summed E-state index contributed by atoms with van der Waals surface area (Å²) in [6, 6.07) is 3.61. The Bertz CT molecular complexity index is 651. The standard InChI is InChI=1S/C15H14FNO4/c1-3-9(15(20)21-2)6-7-17-12-5-4-10(16)8-11(12)13(18)14(17)19/h4-6,8H,3,7H2,1-2H3. The Morgan fingerprint density at radius 3 is 2.71 bits per heavy atom. The molecule has 0 saturated carbocycles. The number of carbonyl (C=O) groups is 3. The van der Waals surface area contributed by atoms with Crippen molar-refractivity contribution in [1.82, 2.24) is 0 Å². The topological polar surface area (TPSA) is 63.7 Å². The van der Waals surface area contributed by atoms with Crippen LogP contribution in [0, 0.1) is 5.82 Å². The van der Waals surface area contributed by atoms with Crippen LogP contribution in [-0.4, -0.2) is 31.3 Å². The Balaban J connectivity index is 2.30. The number of methoxy groups -OCH3 is 1. The van der Waals surface area contributed by atoms with Crippen molar-refractivity contribution in [2.45, 2.75) is 13.3 Å². The number of carbonyl (C=O) groups excluding carboxylic acids is 3. The molecular formula is C15H14FNO4. The van der Waals surface area contributed by atoms with Crippen molar-refractivity contribution in [2.24, 2.45) is 0 Å². The minimum atomic E-state index is -0.742. The molecule has 1 heterocycles. The summed E-state index contributed by atoms with van der Waals surface area (Å²) in [5, 5.41) is 0. The third-order valence-corrected chi connectivity index (χ3v) is 3.28. The van der Waals surface area contributed by atoms with Gasteiger partial charge in [0.1, 0.15) is 5.82 Å². The summed E-state index contributed by atoms with van der Waals surface area (Å²) in [6.07, 6.45) is 1.98. The van der Waals surface area contributed by atoms with Crippen LogP contribution in [0.3, 0.4) is 0 Å².